The summed E-state index contributed by atoms with van der Waals surface area (Å²) in [7, 11) is 0. The Morgan fingerprint density at radius 1 is 1.19 bits per heavy atom. The zero-order valence-corrected chi connectivity index (χ0v) is 15.8. The highest BCUT2D eigenvalue weighted by molar-refractivity contribution is 6.30. The first kappa shape index (κ1) is 18.0. The van der Waals surface area contributed by atoms with Gasteiger partial charge in [0.05, 0.1) is 12.5 Å². The average molecular weight is 388 g/mol. The summed E-state index contributed by atoms with van der Waals surface area (Å²) in [5.74, 6) is 1.26. The number of aryl methyl sites for hydroxylation is 1. The molecule has 2 amide bonds. The van der Waals surface area contributed by atoms with Crippen LogP contribution in [-0.2, 0) is 29.1 Å². The van der Waals surface area contributed by atoms with Crippen molar-refractivity contribution in [2.45, 2.75) is 45.2 Å². The van der Waals surface area contributed by atoms with Crippen LogP contribution in [0.5, 0.6) is 0 Å². The van der Waals surface area contributed by atoms with Crippen LogP contribution in [0.4, 0.5) is 5.69 Å². The summed E-state index contributed by atoms with van der Waals surface area (Å²) in [6.07, 6.45) is 4.59. The molecule has 1 unspecified atom stereocenters. The molecule has 3 heterocycles. The van der Waals surface area contributed by atoms with Gasteiger partial charge in [0.2, 0.25) is 11.8 Å². The molecule has 4 rings (SSSR count). The maximum atomic E-state index is 12.6. The van der Waals surface area contributed by atoms with Crippen LogP contribution in [0, 0.1) is 5.92 Å². The predicted octanol–water partition coefficient (Wildman–Crippen LogP) is 2.33. The van der Waals surface area contributed by atoms with Crippen molar-refractivity contribution in [3.05, 3.63) is 40.9 Å². The number of nitrogens with zero attached hydrogens (tertiary/aromatic N) is 4. The minimum Gasteiger partial charge on any atom is -0.348 e. The van der Waals surface area contributed by atoms with Gasteiger partial charge in [-0.25, -0.2) is 0 Å². The zero-order chi connectivity index (χ0) is 18.8. The number of hydrogen-bond donors (Lipinski definition) is 1. The van der Waals surface area contributed by atoms with Crippen LogP contribution < -0.4 is 10.2 Å². The van der Waals surface area contributed by atoms with Crippen LogP contribution in [0.15, 0.2) is 24.3 Å². The van der Waals surface area contributed by atoms with Gasteiger partial charge in [0, 0.05) is 36.6 Å². The number of fused-ring (bicyclic) bond motifs is 1. The second-order valence-electron chi connectivity index (χ2n) is 7.09. The van der Waals surface area contributed by atoms with E-state index in [4.69, 9.17) is 11.6 Å². The van der Waals surface area contributed by atoms with E-state index in [9.17, 15) is 9.59 Å². The van der Waals surface area contributed by atoms with Gasteiger partial charge in [0.25, 0.3) is 0 Å². The Hall–Kier alpha value is -2.41. The molecule has 7 nitrogen and oxygen atoms in total. The van der Waals surface area contributed by atoms with E-state index >= 15 is 0 Å². The molecule has 0 bridgehead atoms. The monoisotopic (exact) mass is 387 g/mol. The molecule has 27 heavy (non-hydrogen) atoms. The standard InChI is InChI=1S/C19H22ClN5O2/c20-14-5-7-15(8-6-14)25-12-13(10-18(25)26)19(27)21-11-17-23-22-16-4-2-1-3-9-24(16)17/h5-8,13H,1-4,9-12H2,(H,21,27). The lowest BCUT2D eigenvalue weighted by atomic mass is 10.1. The van der Waals surface area contributed by atoms with E-state index in [2.05, 4.69) is 20.1 Å². The van der Waals surface area contributed by atoms with Crippen molar-refractivity contribution < 1.29 is 9.59 Å². The normalized spacial score (nSPS) is 19.7. The Kier molecular flexibility index (Phi) is 5.11. The van der Waals surface area contributed by atoms with E-state index in [1.54, 1.807) is 29.2 Å². The van der Waals surface area contributed by atoms with Crippen LogP contribution >= 0.6 is 11.6 Å². The maximum Gasteiger partial charge on any atom is 0.227 e. The highest BCUT2D eigenvalue weighted by Crippen LogP contribution is 2.26. The fraction of sp³-hybridized carbons (Fsp3) is 0.474. The van der Waals surface area contributed by atoms with Crippen molar-refractivity contribution >= 4 is 29.1 Å². The molecule has 2 aromatic rings. The Labute approximate surface area is 162 Å². The Bertz CT molecular complexity index is 848. The molecule has 0 spiro atoms. The van der Waals surface area contributed by atoms with Gasteiger partial charge in [0.15, 0.2) is 5.82 Å². The van der Waals surface area contributed by atoms with Crippen molar-refractivity contribution in [3.8, 4) is 0 Å². The number of rotatable bonds is 4. The van der Waals surface area contributed by atoms with Gasteiger partial charge in [-0.05, 0) is 37.1 Å². The molecule has 1 N–H and O–H groups in total. The molecule has 1 aromatic heterocycles. The van der Waals surface area contributed by atoms with Gasteiger partial charge in [0.1, 0.15) is 5.82 Å². The molecular weight excluding hydrogens is 366 g/mol. The Morgan fingerprint density at radius 2 is 2.00 bits per heavy atom. The third-order valence-corrected chi connectivity index (χ3v) is 5.49. The van der Waals surface area contributed by atoms with Gasteiger partial charge in [-0.1, -0.05) is 18.0 Å². The summed E-state index contributed by atoms with van der Waals surface area (Å²) >= 11 is 5.90. The highest BCUT2D eigenvalue weighted by atomic mass is 35.5. The minimum absolute atomic E-state index is 0.0474. The number of anilines is 1. The summed E-state index contributed by atoms with van der Waals surface area (Å²) in [5.41, 5.74) is 0.766. The van der Waals surface area contributed by atoms with E-state index in [1.165, 1.54) is 6.42 Å². The van der Waals surface area contributed by atoms with Crippen molar-refractivity contribution in [1.82, 2.24) is 20.1 Å². The fourth-order valence-electron chi connectivity index (χ4n) is 3.74. The number of halogens is 1. The second-order valence-corrected chi connectivity index (χ2v) is 7.53. The molecular formula is C19H22ClN5O2. The summed E-state index contributed by atoms with van der Waals surface area (Å²) in [6.45, 7) is 1.63. The van der Waals surface area contributed by atoms with E-state index in [0.29, 0.717) is 18.1 Å². The van der Waals surface area contributed by atoms with E-state index < -0.39 is 0 Å². The molecule has 1 aromatic carbocycles. The first-order valence-electron chi connectivity index (χ1n) is 9.36. The second kappa shape index (κ2) is 7.68. The van der Waals surface area contributed by atoms with Crippen LogP contribution in [0.25, 0.3) is 0 Å². The van der Waals surface area contributed by atoms with Gasteiger partial charge in [-0.15, -0.1) is 10.2 Å². The molecule has 0 radical (unpaired) electrons. The lowest BCUT2D eigenvalue weighted by Gasteiger charge is -2.16. The fourth-order valence-corrected chi connectivity index (χ4v) is 3.87. The third-order valence-electron chi connectivity index (χ3n) is 5.24. The van der Waals surface area contributed by atoms with Crippen LogP contribution in [0.1, 0.15) is 37.3 Å². The lowest BCUT2D eigenvalue weighted by Crippen LogP contribution is -2.33. The molecule has 1 saturated heterocycles. The molecule has 142 valence electrons. The van der Waals surface area contributed by atoms with E-state index in [-0.39, 0.29) is 24.2 Å². The molecule has 8 heteroatoms. The van der Waals surface area contributed by atoms with E-state index in [0.717, 1.165) is 43.1 Å². The SMILES string of the molecule is O=C(NCc1nnc2n1CCCCC2)C1CC(=O)N(c2ccc(Cl)cc2)C1. The molecule has 2 aliphatic rings. The first-order valence-corrected chi connectivity index (χ1v) is 9.74. The van der Waals surface area contributed by atoms with Crippen LogP contribution in [0.2, 0.25) is 5.02 Å². The largest absolute Gasteiger partial charge is 0.348 e. The Balaban J connectivity index is 1.37. The van der Waals surface area contributed by atoms with Crippen molar-refractivity contribution in [1.29, 1.82) is 0 Å². The lowest BCUT2D eigenvalue weighted by molar-refractivity contribution is -0.126. The number of aromatic nitrogens is 3. The summed E-state index contributed by atoms with van der Waals surface area (Å²) < 4.78 is 2.12. The number of benzene rings is 1. The number of nitrogens with one attached hydrogen (secondary N) is 1. The molecule has 2 aliphatic heterocycles. The molecule has 1 atom stereocenters. The summed E-state index contributed by atoms with van der Waals surface area (Å²) in [6, 6.07) is 7.08. The predicted molar refractivity (Wildman–Crippen MR) is 101 cm³/mol. The zero-order valence-electron chi connectivity index (χ0n) is 15.0. The molecule has 1 fully saturated rings. The van der Waals surface area contributed by atoms with Gasteiger partial charge in [-0.2, -0.15) is 0 Å². The van der Waals surface area contributed by atoms with Crippen molar-refractivity contribution in [3.63, 3.8) is 0 Å². The number of hydrogen-bond acceptors (Lipinski definition) is 4. The average Bonchev–Trinajstić information content (AvgIpc) is 3.15. The van der Waals surface area contributed by atoms with Gasteiger partial charge < -0.3 is 14.8 Å². The van der Waals surface area contributed by atoms with Crippen molar-refractivity contribution in [2.24, 2.45) is 5.92 Å². The highest BCUT2D eigenvalue weighted by Gasteiger charge is 2.35. The maximum absolute atomic E-state index is 12.6. The van der Waals surface area contributed by atoms with Gasteiger partial charge >= 0.3 is 0 Å². The Morgan fingerprint density at radius 3 is 2.81 bits per heavy atom. The van der Waals surface area contributed by atoms with Crippen LogP contribution in [-0.4, -0.2) is 33.1 Å². The van der Waals surface area contributed by atoms with E-state index in [1.807, 2.05) is 0 Å². The third kappa shape index (κ3) is 3.83. The molecule has 0 saturated carbocycles. The van der Waals surface area contributed by atoms with Crippen molar-refractivity contribution in [2.75, 3.05) is 11.4 Å². The minimum atomic E-state index is -0.361. The molecule has 0 aliphatic carbocycles. The summed E-state index contributed by atoms with van der Waals surface area (Å²) in [5, 5.41) is 12.0. The topological polar surface area (TPSA) is 80.1 Å². The first-order chi connectivity index (χ1) is 13.1. The number of carbonyl (C=O) groups excluding carboxylic acids is 2. The number of carbonyl (C=O) groups is 2. The quantitative estimate of drug-likeness (QED) is 0.873. The number of amides is 2. The summed E-state index contributed by atoms with van der Waals surface area (Å²) in [4.78, 5) is 26.6. The smallest absolute Gasteiger partial charge is 0.227 e. The van der Waals surface area contributed by atoms with Gasteiger partial charge in [-0.3, -0.25) is 9.59 Å². The van der Waals surface area contributed by atoms with Crippen LogP contribution in [0.3, 0.4) is 0 Å².